The van der Waals surface area contributed by atoms with Crippen LogP contribution in [0.2, 0.25) is 5.02 Å². The summed E-state index contributed by atoms with van der Waals surface area (Å²) < 4.78 is 17.0. The Morgan fingerprint density at radius 2 is 1.91 bits per heavy atom. The largest absolute Gasteiger partial charge is 0.384 e. The van der Waals surface area contributed by atoms with Crippen LogP contribution in [-0.4, -0.2) is 44.4 Å². The van der Waals surface area contributed by atoms with Gasteiger partial charge in [-0.3, -0.25) is 9.48 Å². The summed E-state index contributed by atoms with van der Waals surface area (Å²) in [4.78, 5) is 19.7. The van der Waals surface area contributed by atoms with Gasteiger partial charge in [0.2, 0.25) is 0 Å². The van der Waals surface area contributed by atoms with E-state index in [9.17, 15) is 14.3 Å². The summed E-state index contributed by atoms with van der Waals surface area (Å²) >= 11 is 5.86. The van der Waals surface area contributed by atoms with Gasteiger partial charge in [-0.05, 0) is 55.7 Å². The highest BCUT2D eigenvalue weighted by Crippen LogP contribution is 2.57. The number of nitrogens with zero attached hydrogens (tertiary/aromatic N) is 5. The SMILES string of the molecule is CN(C)c1cc(C2(O)CC3CC(c4ncn(C)c4C(=O)Nc4ccc(F)c(Cl)c4)CC3C2)n(C)n1. The van der Waals surface area contributed by atoms with E-state index >= 15 is 0 Å². The van der Waals surface area contributed by atoms with Gasteiger partial charge in [-0.1, -0.05) is 11.6 Å². The Morgan fingerprint density at radius 3 is 2.51 bits per heavy atom. The second kappa shape index (κ2) is 8.64. The number of benzene rings is 1. The second-order valence-electron chi connectivity index (χ2n) is 10.2. The number of anilines is 2. The van der Waals surface area contributed by atoms with Crippen LogP contribution in [0.3, 0.4) is 0 Å². The fraction of sp³-hybridized carbons (Fsp3) is 0.480. The van der Waals surface area contributed by atoms with Gasteiger partial charge in [0, 0.05) is 45.9 Å². The van der Waals surface area contributed by atoms with Crippen molar-refractivity contribution < 1.29 is 14.3 Å². The summed E-state index contributed by atoms with van der Waals surface area (Å²) in [6, 6.07) is 6.08. The zero-order valence-corrected chi connectivity index (χ0v) is 21.1. The van der Waals surface area contributed by atoms with Crippen molar-refractivity contribution in [2.45, 2.75) is 37.2 Å². The Labute approximate surface area is 208 Å². The third kappa shape index (κ3) is 4.21. The molecule has 2 N–H and O–H groups in total. The third-order valence-electron chi connectivity index (χ3n) is 7.59. The van der Waals surface area contributed by atoms with Gasteiger partial charge in [0.05, 0.1) is 22.7 Å². The lowest BCUT2D eigenvalue weighted by molar-refractivity contribution is 0.0263. The maximum Gasteiger partial charge on any atom is 0.274 e. The van der Waals surface area contributed by atoms with E-state index in [0.717, 1.165) is 30.0 Å². The summed E-state index contributed by atoms with van der Waals surface area (Å²) in [7, 11) is 7.55. The monoisotopic (exact) mass is 500 g/mol. The molecule has 3 aromatic rings. The molecular weight excluding hydrogens is 471 g/mol. The smallest absolute Gasteiger partial charge is 0.274 e. The van der Waals surface area contributed by atoms with E-state index in [1.54, 1.807) is 22.6 Å². The van der Waals surface area contributed by atoms with Crippen molar-refractivity contribution >= 4 is 29.0 Å². The molecule has 5 rings (SSSR count). The molecule has 2 unspecified atom stereocenters. The van der Waals surface area contributed by atoms with Crippen LogP contribution in [-0.2, 0) is 19.7 Å². The average molecular weight is 501 g/mol. The van der Waals surface area contributed by atoms with E-state index in [4.69, 9.17) is 11.6 Å². The summed E-state index contributed by atoms with van der Waals surface area (Å²) in [5.74, 6) is 0.817. The highest BCUT2D eigenvalue weighted by molar-refractivity contribution is 6.31. The van der Waals surface area contributed by atoms with Gasteiger partial charge in [0.15, 0.2) is 0 Å². The van der Waals surface area contributed by atoms with E-state index in [1.807, 2.05) is 32.1 Å². The molecule has 2 aromatic heterocycles. The topological polar surface area (TPSA) is 88.2 Å². The first kappa shape index (κ1) is 23.8. The maximum absolute atomic E-state index is 13.5. The Bertz CT molecular complexity index is 1270. The molecule has 2 aliphatic carbocycles. The van der Waals surface area contributed by atoms with Crippen LogP contribution in [0.4, 0.5) is 15.9 Å². The number of nitrogens with one attached hydrogen (secondary N) is 1. The molecule has 1 amide bonds. The summed E-state index contributed by atoms with van der Waals surface area (Å²) in [5, 5.41) is 18.9. The number of aromatic nitrogens is 4. The zero-order chi connectivity index (χ0) is 25.1. The van der Waals surface area contributed by atoms with Gasteiger partial charge >= 0.3 is 0 Å². The molecule has 186 valence electrons. The van der Waals surface area contributed by atoms with Crippen molar-refractivity contribution in [3.8, 4) is 0 Å². The highest BCUT2D eigenvalue weighted by atomic mass is 35.5. The number of carbonyl (C=O) groups is 1. The zero-order valence-electron chi connectivity index (χ0n) is 20.3. The molecular formula is C25H30ClFN6O2. The van der Waals surface area contributed by atoms with E-state index in [2.05, 4.69) is 15.4 Å². The number of imidazole rings is 1. The lowest BCUT2D eigenvalue weighted by atomic mass is 9.90. The van der Waals surface area contributed by atoms with Gasteiger partial charge in [0.1, 0.15) is 22.9 Å². The number of carbonyl (C=O) groups excluding carboxylic acids is 1. The lowest BCUT2D eigenvalue weighted by Crippen LogP contribution is -2.26. The molecule has 10 heteroatoms. The number of fused-ring (bicyclic) bond motifs is 1. The van der Waals surface area contributed by atoms with Gasteiger partial charge < -0.3 is 19.9 Å². The molecule has 2 heterocycles. The fourth-order valence-electron chi connectivity index (χ4n) is 5.99. The minimum atomic E-state index is -0.900. The van der Waals surface area contributed by atoms with Crippen molar-refractivity contribution in [1.29, 1.82) is 0 Å². The minimum Gasteiger partial charge on any atom is -0.384 e. The predicted octanol–water partition coefficient (Wildman–Crippen LogP) is 4.06. The quantitative estimate of drug-likeness (QED) is 0.551. The number of hydrogen-bond acceptors (Lipinski definition) is 5. The summed E-state index contributed by atoms with van der Waals surface area (Å²) in [6.45, 7) is 0. The van der Waals surface area contributed by atoms with Gasteiger partial charge in [0.25, 0.3) is 5.91 Å². The van der Waals surface area contributed by atoms with Crippen molar-refractivity contribution in [2.24, 2.45) is 25.9 Å². The van der Waals surface area contributed by atoms with Crippen molar-refractivity contribution in [2.75, 3.05) is 24.3 Å². The van der Waals surface area contributed by atoms with E-state index in [1.165, 1.54) is 18.2 Å². The van der Waals surface area contributed by atoms with Crippen LogP contribution >= 0.6 is 11.6 Å². The minimum absolute atomic E-state index is 0.0461. The molecule has 0 spiro atoms. The van der Waals surface area contributed by atoms with Crippen LogP contribution < -0.4 is 10.2 Å². The van der Waals surface area contributed by atoms with E-state index in [0.29, 0.717) is 36.1 Å². The standard InChI is InChI=1S/C25H30ClFN6O2/c1-31(2)21-10-20(33(4)30-21)25(35)11-15-7-14(8-16(15)12-25)22-23(32(3)13-28-22)24(34)29-17-5-6-19(27)18(26)9-17/h5-6,9-10,13-16,35H,7-8,11-12H2,1-4H3,(H,29,34). The normalized spacial score (nSPS) is 25.6. The Balaban J connectivity index is 1.32. The van der Waals surface area contributed by atoms with Crippen LogP contribution in [0.25, 0.3) is 0 Å². The van der Waals surface area contributed by atoms with Gasteiger partial charge in [-0.15, -0.1) is 0 Å². The maximum atomic E-state index is 13.5. The van der Waals surface area contributed by atoms with Crippen molar-refractivity contribution in [1.82, 2.24) is 19.3 Å². The Morgan fingerprint density at radius 1 is 1.23 bits per heavy atom. The Kier molecular flexibility index (Phi) is 5.88. The van der Waals surface area contributed by atoms with E-state index in [-0.39, 0.29) is 16.8 Å². The molecule has 0 radical (unpaired) electrons. The predicted molar refractivity (Wildman–Crippen MR) is 132 cm³/mol. The number of aryl methyl sites for hydroxylation is 2. The summed E-state index contributed by atoms with van der Waals surface area (Å²) in [6.07, 6.45) is 4.73. The van der Waals surface area contributed by atoms with E-state index < -0.39 is 11.4 Å². The molecule has 0 bridgehead atoms. The molecule has 35 heavy (non-hydrogen) atoms. The fourth-order valence-corrected chi connectivity index (χ4v) is 6.17. The van der Waals surface area contributed by atoms with Crippen LogP contribution in [0.1, 0.15) is 53.5 Å². The van der Waals surface area contributed by atoms with Crippen molar-refractivity contribution in [3.05, 3.63) is 58.5 Å². The molecule has 2 aliphatic rings. The molecule has 0 saturated heterocycles. The first-order valence-corrected chi connectivity index (χ1v) is 12.2. The second-order valence-corrected chi connectivity index (χ2v) is 10.6. The van der Waals surface area contributed by atoms with Crippen molar-refractivity contribution in [3.63, 3.8) is 0 Å². The third-order valence-corrected chi connectivity index (χ3v) is 7.88. The molecule has 2 fully saturated rings. The van der Waals surface area contributed by atoms with Crippen LogP contribution in [0.15, 0.2) is 30.6 Å². The summed E-state index contributed by atoms with van der Waals surface area (Å²) in [5.41, 5.74) is 1.64. The number of rotatable bonds is 5. The molecule has 0 aliphatic heterocycles. The number of amides is 1. The number of hydrogen-bond donors (Lipinski definition) is 2. The highest BCUT2D eigenvalue weighted by Gasteiger charge is 2.51. The molecule has 8 nitrogen and oxygen atoms in total. The first-order valence-electron chi connectivity index (χ1n) is 11.8. The Hall–Kier alpha value is -2.91. The molecule has 1 aromatic carbocycles. The number of aliphatic hydroxyl groups is 1. The average Bonchev–Trinajstić information content (AvgIpc) is 3.52. The molecule has 2 saturated carbocycles. The first-order chi connectivity index (χ1) is 16.6. The van der Waals surface area contributed by atoms with Gasteiger partial charge in [-0.25, -0.2) is 9.37 Å². The van der Waals surface area contributed by atoms with Crippen LogP contribution in [0.5, 0.6) is 0 Å². The molecule has 2 atom stereocenters. The van der Waals surface area contributed by atoms with Gasteiger partial charge in [-0.2, -0.15) is 5.10 Å². The number of halogens is 2. The lowest BCUT2D eigenvalue weighted by Gasteiger charge is -2.25. The van der Waals surface area contributed by atoms with Crippen LogP contribution in [0, 0.1) is 17.7 Å².